The number of hydrogen-bond donors (Lipinski definition) is 0. The number of rotatable bonds is 8. The molecule has 0 radical (unpaired) electrons. The summed E-state index contributed by atoms with van der Waals surface area (Å²) >= 11 is 0. The maximum atomic E-state index is 13.5. The van der Waals surface area contributed by atoms with Crippen molar-refractivity contribution in [3.05, 3.63) is 69.3 Å². The molecule has 4 rings (SSSR count). The number of hydrogen-bond acceptors (Lipinski definition) is 9. The quantitative estimate of drug-likeness (QED) is 0.160. The van der Waals surface area contributed by atoms with Crippen LogP contribution in [0.2, 0.25) is 0 Å². The Balaban J connectivity index is 1.49. The number of carbonyl (C=O) groups is 2. The summed E-state index contributed by atoms with van der Waals surface area (Å²) in [6.45, 7) is 0.262. The number of non-ortho nitro benzene ring substituents is 1. The summed E-state index contributed by atoms with van der Waals surface area (Å²) in [7, 11) is -1.15. The van der Waals surface area contributed by atoms with Crippen molar-refractivity contribution in [3.63, 3.8) is 0 Å². The molecule has 2 aromatic carbocycles. The average Bonchev–Trinajstić information content (AvgIpc) is 3.35. The Labute approximate surface area is 220 Å². The van der Waals surface area contributed by atoms with Crippen molar-refractivity contribution in [1.29, 1.82) is 0 Å². The van der Waals surface area contributed by atoms with Gasteiger partial charge in [-0.2, -0.15) is 4.31 Å². The molecule has 1 fully saturated rings. The van der Waals surface area contributed by atoms with Crippen LogP contribution in [0.5, 0.6) is 0 Å². The Bertz CT molecular complexity index is 1360. The first-order valence-corrected chi connectivity index (χ1v) is 13.4. The van der Waals surface area contributed by atoms with Crippen molar-refractivity contribution in [3.8, 4) is 0 Å². The van der Waals surface area contributed by atoms with Crippen molar-refractivity contribution in [2.75, 3.05) is 33.8 Å². The molecule has 0 aromatic heterocycles. The molecule has 202 valence electrons. The van der Waals surface area contributed by atoms with Gasteiger partial charge in [0.15, 0.2) is 0 Å². The lowest BCUT2D eigenvalue weighted by Gasteiger charge is -2.38. The smallest absolute Gasteiger partial charge is 0.329 e. The number of fused-ring (bicyclic) bond motifs is 1. The minimum atomic E-state index is -3.96. The molecular formula is C25H28N4O8S. The topological polar surface area (TPSA) is 149 Å². The number of aryl methyl sites for hydroxylation is 1. The first-order chi connectivity index (χ1) is 18.1. The summed E-state index contributed by atoms with van der Waals surface area (Å²) in [5.41, 5.74) is 2.01. The van der Waals surface area contributed by atoms with E-state index in [1.807, 2.05) is 0 Å². The molecule has 1 aliphatic carbocycles. The lowest BCUT2D eigenvalue weighted by Crippen LogP contribution is -2.57. The largest absolute Gasteiger partial charge is 0.467 e. The second-order valence-corrected chi connectivity index (χ2v) is 10.9. The first-order valence-electron chi connectivity index (χ1n) is 11.9. The van der Waals surface area contributed by atoms with Crippen LogP contribution in [-0.4, -0.2) is 80.7 Å². The molecule has 0 saturated carbocycles. The molecule has 2 unspecified atom stereocenters. The van der Waals surface area contributed by atoms with Crippen LogP contribution in [0.1, 0.15) is 29.0 Å². The number of carbonyl (C=O) groups excluding carboxylic acids is 2. The molecule has 1 heterocycles. The van der Waals surface area contributed by atoms with Crippen molar-refractivity contribution in [2.24, 2.45) is 4.99 Å². The highest BCUT2D eigenvalue weighted by Crippen LogP contribution is 2.36. The number of benzene rings is 2. The lowest BCUT2D eigenvalue weighted by molar-refractivity contribution is -0.384. The Morgan fingerprint density at radius 3 is 2.55 bits per heavy atom. The van der Waals surface area contributed by atoms with Crippen LogP contribution in [0.3, 0.4) is 0 Å². The van der Waals surface area contributed by atoms with Crippen LogP contribution in [0, 0.1) is 10.1 Å². The predicted molar refractivity (Wildman–Crippen MR) is 136 cm³/mol. The summed E-state index contributed by atoms with van der Waals surface area (Å²) < 4.78 is 38.6. The van der Waals surface area contributed by atoms with E-state index < -0.39 is 38.8 Å². The number of sulfonamides is 1. The van der Waals surface area contributed by atoms with E-state index in [1.54, 1.807) is 18.0 Å². The molecule has 38 heavy (non-hydrogen) atoms. The fourth-order valence-corrected chi connectivity index (χ4v) is 6.20. The van der Waals surface area contributed by atoms with Gasteiger partial charge in [0.2, 0.25) is 10.0 Å². The molecule has 13 heteroatoms. The van der Waals surface area contributed by atoms with Gasteiger partial charge < -0.3 is 14.4 Å². The number of methoxy groups -OCH3 is 1. The summed E-state index contributed by atoms with van der Waals surface area (Å²) in [5, 5.41) is 10.8. The SMILES string of the molecule is CN=CN1CCN(S(=O)(=O)c2ccc3c(c2)C(C(=O)OCc2ccc([N+](=O)[O-])cc2)CC3)CC1C(=O)OC. The van der Waals surface area contributed by atoms with Gasteiger partial charge in [-0.25, -0.2) is 13.2 Å². The highest BCUT2D eigenvalue weighted by atomic mass is 32.2. The third-order valence-corrected chi connectivity index (χ3v) is 8.63. The molecule has 1 saturated heterocycles. The standard InChI is InChI=1S/C25H28N4O8S/c1-26-16-27-11-12-28(14-23(27)25(31)36-2)38(34,35)20-9-5-18-6-10-21(22(18)13-20)24(30)37-15-17-3-7-19(8-4-17)29(32)33/h3-5,7-9,13,16,21,23H,6,10-12,14-15H2,1-2H3. The molecule has 2 aliphatic rings. The second kappa shape index (κ2) is 11.3. The first kappa shape index (κ1) is 27.2. The zero-order valence-electron chi connectivity index (χ0n) is 21.0. The number of ether oxygens (including phenoxy) is 2. The normalized spacial score (nSPS) is 19.8. The van der Waals surface area contributed by atoms with Crippen LogP contribution in [-0.2, 0) is 42.1 Å². The van der Waals surface area contributed by atoms with E-state index in [0.717, 1.165) is 5.56 Å². The number of aliphatic imine (C=N–C) groups is 1. The zero-order valence-corrected chi connectivity index (χ0v) is 21.8. The maximum absolute atomic E-state index is 13.5. The van der Waals surface area contributed by atoms with E-state index in [2.05, 4.69) is 4.99 Å². The van der Waals surface area contributed by atoms with Gasteiger partial charge >= 0.3 is 11.9 Å². The van der Waals surface area contributed by atoms with Gasteiger partial charge in [-0.1, -0.05) is 6.07 Å². The maximum Gasteiger partial charge on any atom is 0.329 e. The zero-order chi connectivity index (χ0) is 27.4. The predicted octanol–water partition coefficient (Wildman–Crippen LogP) is 1.87. The van der Waals surface area contributed by atoms with Crippen molar-refractivity contribution in [2.45, 2.75) is 36.3 Å². The van der Waals surface area contributed by atoms with E-state index in [-0.39, 0.29) is 36.8 Å². The van der Waals surface area contributed by atoms with Crippen molar-refractivity contribution >= 4 is 34.0 Å². The monoisotopic (exact) mass is 544 g/mol. The van der Waals surface area contributed by atoms with Crippen molar-refractivity contribution in [1.82, 2.24) is 9.21 Å². The summed E-state index contributed by atoms with van der Waals surface area (Å²) in [6.07, 6.45) is 2.58. The van der Waals surface area contributed by atoms with Crippen LogP contribution in [0.15, 0.2) is 52.4 Å². The van der Waals surface area contributed by atoms with Crippen molar-refractivity contribution < 1.29 is 32.4 Å². The fraction of sp³-hybridized carbons (Fsp3) is 0.400. The van der Waals surface area contributed by atoms with Gasteiger partial charge in [0, 0.05) is 38.8 Å². The van der Waals surface area contributed by atoms with E-state index in [0.29, 0.717) is 24.0 Å². The van der Waals surface area contributed by atoms with Gasteiger partial charge in [0.25, 0.3) is 5.69 Å². The molecule has 0 amide bonds. The number of esters is 2. The average molecular weight is 545 g/mol. The Morgan fingerprint density at radius 2 is 1.89 bits per heavy atom. The lowest BCUT2D eigenvalue weighted by atomic mass is 10.0. The fourth-order valence-electron chi connectivity index (χ4n) is 4.73. The van der Waals surface area contributed by atoms with Crippen LogP contribution in [0.25, 0.3) is 0 Å². The Morgan fingerprint density at radius 1 is 1.16 bits per heavy atom. The molecule has 2 aromatic rings. The summed E-state index contributed by atoms with van der Waals surface area (Å²) in [4.78, 5) is 41.2. The van der Waals surface area contributed by atoms with Crippen LogP contribution < -0.4 is 0 Å². The van der Waals surface area contributed by atoms with Crippen LogP contribution >= 0.6 is 0 Å². The van der Waals surface area contributed by atoms with E-state index >= 15 is 0 Å². The van der Waals surface area contributed by atoms with Gasteiger partial charge in [-0.05, 0) is 53.8 Å². The number of piperazine rings is 1. The molecule has 0 spiro atoms. The van der Waals surface area contributed by atoms with Crippen LogP contribution in [0.4, 0.5) is 5.69 Å². The minimum Gasteiger partial charge on any atom is -0.467 e. The van der Waals surface area contributed by atoms with Gasteiger partial charge in [0.1, 0.15) is 12.6 Å². The highest BCUT2D eigenvalue weighted by Gasteiger charge is 2.38. The third-order valence-electron chi connectivity index (χ3n) is 6.77. The van der Waals surface area contributed by atoms with Gasteiger partial charge in [0.05, 0.1) is 29.2 Å². The molecule has 0 N–H and O–H groups in total. The number of nitro benzene ring substituents is 1. The number of nitro groups is 1. The van der Waals surface area contributed by atoms with E-state index in [9.17, 15) is 28.1 Å². The molecule has 2 atom stereocenters. The molecule has 1 aliphatic heterocycles. The second-order valence-electron chi connectivity index (χ2n) is 9.00. The Hall–Kier alpha value is -3.84. The summed E-state index contributed by atoms with van der Waals surface area (Å²) in [5.74, 6) is -1.68. The molecule has 0 bridgehead atoms. The Kier molecular flexibility index (Phi) is 8.07. The minimum absolute atomic E-state index is 0.0348. The van der Waals surface area contributed by atoms with E-state index in [1.165, 1.54) is 54.2 Å². The van der Waals surface area contributed by atoms with Gasteiger partial charge in [-0.15, -0.1) is 0 Å². The number of nitrogens with zero attached hydrogens (tertiary/aromatic N) is 4. The third kappa shape index (κ3) is 5.53. The molecular weight excluding hydrogens is 516 g/mol. The van der Waals surface area contributed by atoms with Gasteiger partial charge in [-0.3, -0.25) is 19.9 Å². The molecule has 12 nitrogen and oxygen atoms in total. The summed E-state index contributed by atoms with van der Waals surface area (Å²) in [6, 6.07) is 9.63. The highest BCUT2D eigenvalue weighted by molar-refractivity contribution is 7.89. The van der Waals surface area contributed by atoms with E-state index in [4.69, 9.17) is 9.47 Å².